The van der Waals surface area contributed by atoms with E-state index < -0.39 is 0 Å². The van der Waals surface area contributed by atoms with Crippen molar-refractivity contribution < 1.29 is 9.90 Å². The molecule has 0 aromatic rings. The number of hydrogen-bond acceptors (Lipinski definition) is 3. The zero-order valence-electron chi connectivity index (χ0n) is 12.2. The van der Waals surface area contributed by atoms with Gasteiger partial charge in [-0.15, -0.1) is 0 Å². The molecule has 0 aromatic heterocycles. The minimum atomic E-state index is -0.178. The average Bonchev–Trinajstić information content (AvgIpc) is 2.98. The SMILES string of the molecule is CCC1(C(=O)N(CCO)C2CCCC2)CCNCC1. The minimum absolute atomic E-state index is 0.0836. The highest BCUT2D eigenvalue weighted by Gasteiger charge is 2.42. The summed E-state index contributed by atoms with van der Waals surface area (Å²) in [7, 11) is 0. The van der Waals surface area contributed by atoms with E-state index in [0.29, 0.717) is 18.5 Å². The first kappa shape index (κ1) is 14.8. The van der Waals surface area contributed by atoms with Gasteiger partial charge in [0.1, 0.15) is 0 Å². The summed E-state index contributed by atoms with van der Waals surface area (Å²) in [6, 6.07) is 0.373. The van der Waals surface area contributed by atoms with Gasteiger partial charge in [0, 0.05) is 12.6 Å². The van der Waals surface area contributed by atoms with Gasteiger partial charge >= 0.3 is 0 Å². The molecule has 0 bridgehead atoms. The van der Waals surface area contributed by atoms with Crippen LogP contribution in [0.2, 0.25) is 0 Å². The third-order valence-electron chi connectivity index (χ3n) is 5.06. The highest BCUT2D eigenvalue weighted by atomic mass is 16.3. The van der Waals surface area contributed by atoms with Crippen LogP contribution in [0.3, 0.4) is 0 Å². The third kappa shape index (κ3) is 3.11. The Balaban J connectivity index is 2.11. The fourth-order valence-corrected chi connectivity index (χ4v) is 3.70. The zero-order chi connectivity index (χ0) is 13.7. The molecule has 1 saturated carbocycles. The molecule has 2 aliphatic rings. The van der Waals surface area contributed by atoms with E-state index in [1.165, 1.54) is 12.8 Å². The van der Waals surface area contributed by atoms with Crippen molar-refractivity contribution in [1.29, 1.82) is 0 Å². The summed E-state index contributed by atoms with van der Waals surface area (Å²) >= 11 is 0. The maximum Gasteiger partial charge on any atom is 0.229 e. The lowest BCUT2D eigenvalue weighted by Crippen LogP contribution is -2.52. The van der Waals surface area contributed by atoms with Crippen LogP contribution in [0.4, 0.5) is 0 Å². The number of carbonyl (C=O) groups is 1. The third-order valence-corrected chi connectivity index (χ3v) is 5.06. The van der Waals surface area contributed by atoms with E-state index in [0.717, 1.165) is 45.2 Å². The van der Waals surface area contributed by atoms with Crippen LogP contribution in [0.15, 0.2) is 0 Å². The lowest BCUT2D eigenvalue weighted by atomic mass is 9.75. The summed E-state index contributed by atoms with van der Waals surface area (Å²) in [5.41, 5.74) is -0.178. The van der Waals surface area contributed by atoms with Gasteiger partial charge in [-0.2, -0.15) is 0 Å². The second-order valence-corrected chi connectivity index (χ2v) is 6.04. The number of carbonyl (C=O) groups excluding carboxylic acids is 1. The summed E-state index contributed by atoms with van der Waals surface area (Å²) in [5, 5.41) is 12.6. The van der Waals surface area contributed by atoms with Gasteiger partial charge in [-0.1, -0.05) is 19.8 Å². The number of aliphatic hydroxyl groups is 1. The first-order valence-electron chi connectivity index (χ1n) is 7.86. The van der Waals surface area contributed by atoms with E-state index in [4.69, 9.17) is 0 Å². The van der Waals surface area contributed by atoms with Crippen molar-refractivity contribution in [2.45, 2.75) is 57.9 Å². The van der Waals surface area contributed by atoms with Gasteiger partial charge in [0.15, 0.2) is 0 Å². The lowest BCUT2D eigenvalue weighted by Gasteiger charge is -2.41. The van der Waals surface area contributed by atoms with Crippen molar-refractivity contribution in [3.63, 3.8) is 0 Å². The molecule has 1 aliphatic carbocycles. The van der Waals surface area contributed by atoms with E-state index in [1.54, 1.807) is 0 Å². The van der Waals surface area contributed by atoms with Crippen LogP contribution in [0.5, 0.6) is 0 Å². The number of rotatable bonds is 5. The van der Waals surface area contributed by atoms with E-state index in [2.05, 4.69) is 12.2 Å². The summed E-state index contributed by atoms with van der Waals surface area (Å²) < 4.78 is 0. The number of amides is 1. The van der Waals surface area contributed by atoms with Gasteiger partial charge in [0.2, 0.25) is 5.91 Å². The number of piperidine rings is 1. The average molecular weight is 268 g/mol. The normalized spacial score (nSPS) is 23.5. The molecule has 0 atom stereocenters. The van der Waals surface area contributed by atoms with Crippen LogP contribution in [0.25, 0.3) is 0 Å². The highest BCUT2D eigenvalue weighted by Crippen LogP contribution is 2.37. The molecule has 0 radical (unpaired) electrons. The van der Waals surface area contributed by atoms with Gasteiger partial charge < -0.3 is 15.3 Å². The van der Waals surface area contributed by atoms with Crippen LogP contribution < -0.4 is 5.32 Å². The van der Waals surface area contributed by atoms with E-state index in [1.807, 2.05) is 4.90 Å². The Kier molecular flexibility index (Phi) is 5.22. The number of aliphatic hydroxyl groups excluding tert-OH is 1. The molecule has 2 fully saturated rings. The van der Waals surface area contributed by atoms with Gasteiger partial charge in [0.05, 0.1) is 12.0 Å². The second kappa shape index (κ2) is 6.71. The van der Waals surface area contributed by atoms with Crippen molar-refractivity contribution in [1.82, 2.24) is 10.2 Å². The predicted molar refractivity (Wildman–Crippen MR) is 75.9 cm³/mol. The molecule has 1 amide bonds. The largest absolute Gasteiger partial charge is 0.395 e. The first-order valence-corrected chi connectivity index (χ1v) is 7.86. The Morgan fingerprint density at radius 1 is 1.32 bits per heavy atom. The van der Waals surface area contributed by atoms with E-state index in [-0.39, 0.29) is 12.0 Å². The van der Waals surface area contributed by atoms with Crippen molar-refractivity contribution >= 4 is 5.91 Å². The summed E-state index contributed by atoms with van der Waals surface area (Å²) in [4.78, 5) is 15.0. The van der Waals surface area contributed by atoms with E-state index in [9.17, 15) is 9.90 Å². The number of nitrogens with zero attached hydrogens (tertiary/aromatic N) is 1. The Labute approximate surface area is 116 Å². The Hall–Kier alpha value is -0.610. The molecule has 0 aromatic carbocycles. The van der Waals surface area contributed by atoms with Crippen molar-refractivity contribution in [2.24, 2.45) is 5.41 Å². The number of hydrogen-bond donors (Lipinski definition) is 2. The molecule has 4 nitrogen and oxygen atoms in total. The number of nitrogens with one attached hydrogen (secondary N) is 1. The minimum Gasteiger partial charge on any atom is -0.395 e. The predicted octanol–water partition coefficient (Wildman–Crippen LogP) is 1.53. The molecular weight excluding hydrogens is 240 g/mol. The summed E-state index contributed by atoms with van der Waals surface area (Å²) in [6.45, 7) is 4.61. The Bertz CT molecular complexity index is 295. The van der Waals surface area contributed by atoms with E-state index >= 15 is 0 Å². The van der Waals surface area contributed by atoms with Gasteiger partial charge in [0.25, 0.3) is 0 Å². The van der Waals surface area contributed by atoms with Gasteiger partial charge in [-0.25, -0.2) is 0 Å². The Morgan fingerprint density at radius 3 is 2.47 bits per heavy atom. The van der Waals surface area contributed by atoms with Crippen LogP contribution in [-0.4, -0.2) is 48.2 Å². The lowest BCUT2D eigenvalue weighted by molar-refractivity contribution is -0.147. The van der Waals surface area contributed by atoms with Crippen LogP contribution in [0.1, 0.15) is 51.9 Å². The van der Waals surface area contributed by atoms with Crippen molar-refractivity contribution in [3.8, 4) is 0 Å². The zero-order valence-corrected chi connectivity index (χ0v) is 12.2. The van der Waals surface area contributed by atoms with Crippen LogP contribution in [-0.2, 0) is 4.79 Å². The monoisotopic (exact) mass is 268 g/mol. The molecule has 0 unspecified atom stereocenters. The maximum absolute atomic E-state index is 13.0. The van der Waals surface area contributed by atoms with Crippen molar-refractivity contribution in [2.75, 3.05) is 26.2 Å². The van der Waals surface area contributed by atoms with Crippen molar-refractivity contribution in [3.05, 3.63) is 0 Å². The fourth-order valence-electron chi connectivity index (χ4n) is 3.70. The molecule has 1 saturated heterocycles. The topological polar surface area (TPSA) is 52.6 Å². The quantitative estimate of drug-likeness (QED) is 0.795. The molecular formula is C15H28N2O2. The highest BCUT2D eigenvalue weighted by molar-refractivity contribution is 5.83. The molecule has 2 rings (SSSR count). The molecule has 19 heavy (non-hydrogen) atoms. The Morgan fingerprint density at radius 2 is 1.95 bits per heavy atom. The molecule has 110 valence electrons. The van der Waals surface area contributed by atoms with Crippen LogP contribution >= 0.6 is 0 Å². The molecule has 1 aliphatic heterocycles. The summed E-state index contributed by atoms with van der Waals surface area (Å²) in [6.07, 6.45) is 7.48. The standard InChI is InChI=1S/C15H28N2O2/c1-2-15(7-9-16-10-8-15)14(19)17(11-12-18)13-5-3-4-6-13/h13,16,18H,2-12H2,1H3. The second-order valence-electron chi connectivity index (χ2n) is 6.04. The van der Waals surface area contributed by atoms with Crippen LogP contribution in [0, 0.1) is 5.41 Å². The molecule has 2 N–H and O–H groups in total. The fraction of sp³-hybridized carbons (Fsp3) is 0.933. The smallest absolute Gasteiger partial charge is 0.229 e. The molecule has 0 spiro atoms. The molecule has 4 heteroatoms. The summed E-state index contributed by atoms with van der Waals surface area (Å²) in [5.74, 6) is 0.303. The van der Waals surface area contributed by atoms with Gasteiger partial charge in [-0.3, -0.25) is 4.79 Å². The maximum atomic E-state index is 13.0. The molecule has 1 heterocycles. The first-order chi connectivity index (χ1) is 9.23. The van der Waals surface area contributed by atoms with Gasteiger partial charge in [-0.05, 0) is 45.2 Å².